The van der Waals surface area contributed by atoms with Crippen molar-refractivity contribution in [3.05, 3.63) is 48.5 Å². The molecule has 2 aromatic rings. The highest BCUT2D eigenvalue weighted by atomic mass is 19.3. The highest BCUT2D eigenvalue weighted by Crippen LogP contribution is 2.30. The van der Waals surface area contributed by atoms with Crippen molar-refractivity contribution in [3.8, 4) is 5.75 Å². The van der Waals surface area contributed by atoms with Gasteiger partial charge in [0.15, 0.2) is 0 Å². The maximum atomic E-state index is 12.3. The quantitative estimate of drug-likeness (QED) is 0.883. The summed E-state index contributed by atoms with van der Waals surface area (Å²) in [6.45, 7) is -2.87. The van der Waals surface area contributed by atoms with Crippen molar-refractivity contribution in [2.75, 3.05) is 0 Å². The summed E-state index contributed by atoms with van der Waals surface area (Å²) < 4.78 is 30.9. The first-order valence-electron chi connectivity index (χ1n) is 7.92. The molecule has 5 nitrogen and oxygen atoms in total. The predicted molar refractivity (Wildman–Crippen MR) is 83.8 cm³/mol. The zero-order chi connectivity index (χ0) is 16.9. The van der Waals surface area contributed by atoms with Crippen molar-refractivity contribution in [2.45, 2.75) is 44.4 Å². The van der Waals surface area contributed by atoms with Gasteiger partial charge in [0.25, 0.3) is 0 Å². The molecule has 1 N–H and O–H groups in total. The van der Waals surface area contributed by atoms with Crippen LogP contribution in [0.4, 0.5) is 8.78 Å². The molecule has 2 atom stereocenters. The number of carbonyl (C=O) groups excluding carboxylic acids is 1. The molecule has 1 aliphatic rings. The molecule has 1 aliphatic carbocycles. The van der Waals surface area contributed by atoms with E-state index in [2.05, 4.69) is 15.0 Å². The number of imidazole rings is 1. The van der Waals surface area contributed by atoms with E-state index in [4.69, 9.17) is 0 Å². The second-order valence-corrected chi connectivity index (χ2v) is 5.88. The molecule has 0 bridgehead atoms. The molecule has 1 aromatic heterocycles. The summed E-state index contributed by atoms with van der Waals surface area (Å²) in [4.78, 5) is 16.3. The summed E-state index contributed by atoms with van der Waals surface area (Å²) in [5.41, 5.74) is 0.642. The Hall–Kier alpha value is -2.44. The summed E-state index contributed by atoms with van der Waals surface area (Å²) in [7, 11) is 0. The average molecular weight is 335 g/mol. The third-order valence-corrected chi connectivity index (χ3v) is 4.22. The third kappa shape index (κ3) is 4.10. The van der Waals surface area contributed by atoms with E-state index in [0.717, 1.165) is 19.3 Å². The lowest BCUT2D eigenvalue weighted by atomic mass is 10.1. The van der Waals surface area contributed by atoms with Gasteiger partial charge >= 0.3 is 6.61 Å². The number of halogens is 2. The van der Waals surface area contributed by atoms with Gasteiger partial charge in [0.2, 0.25) is 5.91 Å². The number of aromatic nitrogens is 2. The van der Waals surface area contributed by atoms with Crippen molar-refractivity contribution >= 4 is 5.91 Å². The first kappa shape index (κ1) is 16.4. The number of benzene rings is 1. The number of hydrogen-bond acceptors (Lipinski definition) is 3. The number of rotatable bonds is 6. The SMILES string of the molecule is O=C(Cc1cccc(OC(F)F)c1)N[C@H]1CCC[C@@H]1n1ccnc1. The molecule has 0 spiro atoms. The van der Waals surface area contributed by atoms with Gasteiger partial charge in [-0.05, 0) is 37.0 Å². The van der Waals surface area contributed by atoms with E-state index in [1.807, 2.05) is 10.8 Å². The van der Waals surface area contributed by atoms with Gasteiger partial charge in [-0.2, -0.15) is 8.78 Å². The molecule has 1 amide bonds. The second kappa shape index (κ2) is 7.42. The van der Waals surface area contributed by atoms with E-state index < -0.39 is 6.61 Å². The minimum atomic E-state index is -2.87. The van der Waals surface area contributed by atoms with Crippen LogP contribution in [0.3, 0.4) is 0 Å². The fourth-order valence-electron chi connectivity index (χ4n) is 3.21. The van der Waals surface area contributed by atoms with E-state index >= 15 is 0 Å². The molecule has 0 radical (unpaired) electrons. The van der Waals surface area contributed by atoms with Gasteiger partial charge in [-0.25, -0.2) is 4.98 Å². The van der Waals surface area contributed by atoms with E-state index in [9.17, 15) is 13.6 Å². The average Bonchev–Trinajstić information content (AvgIpc) is 3.17. The smallest absolute Gasteiger partial charge is 0.387 e. The van der Waals surface area contributed by atoms with Crippen LogP contribution in [0.1, 0.15) is 30.9 Å². The molecule has 0 aliphatic heterocycles. The Kier molecular flexibility index (Phi) is 5.08. The maximum absolute atomic E-state index is 12.3. The van der Waals surface area contributed by atoms with Crippen LogP contribution in [0.2, 0.25) is 0 Å². The Balaban J connectivity index is 1.59. The van der Waals surface area contributed by atoms with Gasteiger partial charge < -0.3 is 14.6 Å². The van der Waals surface area contributed by atoms with Crippen LogP contribution in [-0.2, 0) is 11.2 Å². The monoisotopic (exact) mass is 335 g/mol. The van der Waals surface area contributed by atoms with Crippen LogP contribution >= 0.6 is 0 Å². The molecule has 0 saturated heterocycles. The highest BCUT2D eigenvalue weighted by molar-refractivity contribution is 5.79. The van der Waals surface area contributed by atoms with Crippen molar-refractivity contribution in [3.63, 3.8) is 0 Å². The van der Waals surface area contributed by atoms with Crippen molar-refractivity contribution in [1.82, 2.24) is 14.9 Å². The Morgan fingerprint density at radius 2 is 2.29 bits per heavy atom. The van der Waals surface area contributed by atoms with Gasteiger partial charge in [-0.1, -0.05) is 12.1 Å². The summed E-state index contributed by atoms with van der Waals surface area (Å²) in [5.74, 6) is -0.0614. The number of alkyl halides is 2. The van der Waals surface area contributed by atoms with E-state index in [-0.39, 0.29) is 30.2 Å². The number of nitrogens with one attached hydrogen (secondary N) is 1. The Bertz CT molecular complexity index is 676. The normalized spacial score (nSPS) is 20.3. The highest BCUT2D eigenvalue weighted by Gasteiger charge is 2.29. The van der Waals surface area contributed by atoms with E-state index in [0.29, 0.717) is 5.56 Å². The molecule has 24 heavy (non-hydrogen) atoms. The van der Waals surface area contributed by atoms with Crippen molar-refractivity contribution in [1.29, 1.82) is 0 Å². The van der Waals surface area contributed by atoms with Crippen LogP contribution < -0.4 is 10.1 Å². The lowest BCUT2D eigenvalue weighted by Crippen LogP contribution is -2.38. The number of carbonyl (C=O) groups is 1. The minimum Gasteiger partial charge on any atom is -0.435 e. The fraction of sp³-hybridized carbons (Fsp3) is 0.412. The molecule has 3 rings (SSSR count). The van der Waals surface area contributed by atoms with Crippen LogP contribution in [0.5, 0.6) is 5.75 Å². The number of ether oxygens (including phenoxy) is 1. The molecular formula is C17H19F2N3O2. The third-order valence-electron chi connectivity index (χ3n) is 4.22. The van der Waals surface area contributed by atoms with E-state index in [1.54, 1.807) is 24.7 Å². The molecule has 7 heteroatoms. The van der Waals surface area contributed by atoms with Crippen LogP contribution in [-0.4, -0.2) is 28.1 Å². The molecule has 1 fully saturated rings. The topological polar surface area (TPSA) is 56.1 Å². The molecule has 128 valence electrons. The molecular weight excluding hydrogens is 316 g/mol. The van der Waals surface area contributed by atoms with Gasteiger partial charge in [-0.3, -0.25) is 4.79 Å². The van der Waals surface area contributed by atoms with Gasteiger partial charge in [0.05, 0.1) is 18.8 Å². The lowest BCUT2D eigenvalue weighted by molar-refractivity contribution is -0.121. The maximum Gasteiger partial charge on any atom is 0.387 e. The first-order valence-corrected chi connectivity index (χ1v) is 7.92. The van der Waals surface area contributed by atoms with E-state index in [1.165, 1.54) is 12.1 Å². The number of hydrogen-bond donors (Lipinski definition) is 1. The standard InChI is InChI=1S/C17H19F2N3O2/c18-17(19)24-13-4-1-3-12(9-13)10-16(23)21-14-5-2-6-15(14)22-8-7-20-11-22/h1,3-4,7-9,11,14-15,17H,2,5-6,10H2,(H,21,23)/t14-,15-/m0/s1. The van der Waals surface area contributed by atoms with Gasteiger partial charge in [0, 0.05) is 18.4 Å². The Morgan fingerprint density at radius 1 is 1.42 bits per heavy atom. The summed E-state index contributed by atoms with van der Waals surface area (Å²) in [6, 6.07) is 6.51. The zero-order valence-corrected chi connectivity index (χ0v) is 13.1. The molecule has 0 unspecified atom stereocenters. The lowest BCUT2D eigenvalue weighted by Gasteiger charge is -2.22. The second-order valence-electron chi connectivity index (χ2n) is 5.88. The fourth-order valence-corrected chi connectivity index (χ4v) is 3.21. The van der Waals surface area contributed by atoms with Gasteiger partial charge in [-0.15, -0.1) is 0 Å². The minimum absolute atomic E-state index is 0.0622. The predicted octanol–water partition coefficient (Wildman–Crippen LogP) is 2.94. The summed E-state index contributed by atoms with van der Waals surface area (Å²) in [6.07, 6.45) is 8.49. The Labute approximate surface area is 138 Å². The molecule has 1 aromatic carbocycles. The summed E-state index contributed by atoms with van der Waals surface area (Å²) >= 11 is 0. The number of amides is 1. The largest absolute Gasteiger partial charge is 0.435 e. The number of nitrogens with zero attached hydrogens (tertiary/aromatic N) is 2. The van der Waals surface area contributed by atoms with Crippen LogP contribution in [0.25, 0.3) is 0 Å². The van der Waals surface area contributed by atoms with Crippen molar-refractivity contribution in [2.24, 2.45) is 0 Å². The van der Waals surface area contributed by atoms with Crippen LogP contribution in [0, 0.1) is 0 Å². The summed E-state index contributed by atoms with van der Waals surface area (Å²) in [5, 5.41) is 3.05. The zero-order valence-electron chi connectivity index (χ0n) is 13.1. The Morgan fingerprint density at radius 3 is 3.04 bits per heavy atom. The molecule has 1 heterocycles. The van der Waals surface area contributed by atoms with Gasteiger partial charge in [0.1, 0.15) is 5.75 Å². The molecule has 1 saturated carbocycles. The van der Waals surface area contributed by atoms with Crippen molar-refractivity contribution < 1.29 is 18.3 Å². The first-order chi connectivity index (χ1) is 11.6. The van der Waals surface area contributed by atoms with Crippen LogP contribution in [0.15, 0.2) is 43.0 Å².